The first-order chi connectivity index (χ1) is 8.19. The minimum absolute atomic E-state index is 0.296. The number of halogens is 1. The van der Waals surface area contributed by atoms with Crippen molar-refractivity contribution in [2.45, 2.75) is 20.1 Å². The van der Waals surface area contributed by atoms with E-state index in [0.717, 1.165) is 12.2 Å². The molecule has 2 N–H and O–H groups in total. The highest BCUT2D eigenvalue weighted by molar-refractivity contribution is 6.32. The van der Waals surface area contributed by atoms with Gasteiger partial charge in [0.1, 0.15) is 10.8 Å². The fourth-order valence-electron chi connectivity index (χ4n) is 1.47. The van der Waals surface area contributed by atoms with Crippen LogP contribution < -0.4 is 10.5 Å². The fraction of sp³-hybridized carbons (Fsp3) is 0.250. The molecule has 0 radical (unpaired) electrons. The lowest BCUT2D eigenvalue weighted by Crippen LogP contribution is -2.06. The summed E-state index contributed by atoms with van der Waals surface area (Å²) in [7, 11) is 0. The van der Waals surface area contributed by atoms with Gasteiger partial charge in [-0.2, -0.15) is 5.10 Å². The van der Waals surface area contributed by atoms with Crippen molar-refractivity contribution >= 4 is 17.4 Å². The predicted molar refractivity (Wildman–Crippen MR) is 68.1 cm³/mol. The number of nitrogens with zero attached hydrogens (tertiary/aromatic N) is 2. The SMILES string of the molecule is CCc1cccc(OCn2cc(Cl)c(N)n2)c1. The van der Waals surface area contributed by atoms with Gasteiger partial charge in [0.05, 0.1) is 0 Å². The number of benzene rings is 1. The molecular formula is C12H14ClN3O. The van der Waals surface area contributed by atoms with Gasteiger partial charge in [-0.1, -0.05) is 30.7 Å². The van der Waals surface area contributed by atoms with Crippen LogP contribution >= 0.6 is 11.6 Å². The molecule has 0 amide bonds. The van der Waals surface area contributed by atoms with E-state index in [2.05, 4.69) is 18.1 Å². The van der Waals surface area contributed by atoms with E-state index >= 15 is 0 Å². The normalized spacial score (nSPS) is 10.5. The molecule has 0 bridgehead atoms. The maximum absolute atomic E-state index is 5.79. The number of hydrogen-bond donors (Lipinski definition) is 1. The Morgan fingerprint density at radius 2 is 2.29 bits per heavy atom. The third-order valence-electron chi connectivity index (χ3n) is 2.41. The Labute approximate surface area is 105 Å². The first-order valence-corrected chi connectivity index (χ1v) is 5.77. The number of anilines is 1. The second kappa shape index (κ2) is 5.10. The topological polar surface area (TPSA) is 53.1 Å². The van der Waals surface area contributed by atoms with Crippen LogP contribution in [0.4, 0.5) is 5.82 Å². The third kappa shape index (κ3) is 2.91. The summed E-state index contributed by atoms with van der Waals surface area (Å²) < 4.78 is 7.15. The van der Waals surface area contributed by atoms with E-state index in [0.29, 0.717) is 17.6 Å². The summed E-state index contributed by atoms with van der Waals surface area (Å²) in [5.74, 6) is 1.13. The summed E-state index contributed by atoms with van der Waals surface area (Å²) in [6.45, 7) is 2.40. The average molecular weight is 252 g/mol. The van der Waals surface area contributed by atoms with E-state index in [4.69, 9.17) is 22.1 Å². The smallest absolute Gasteiger partial charge is 0.181 e. The Morgan fingerprint density at radius 1 is 1.47 bits per heavy atom. The van der Waals surface area contributed by atoms with Crippen LogP contribution in [0.15, 0.2) is 30.5 Å². The molecule has 1 aromatic heterocycles. The van der Waals surface area contributed by atoms with Crippen molar-refractivity contribution in [3.63, 3.8) is 0 Å². The molecule has 2 aromatic rings. The van der Waals surface area contributed by atoms with Gasteiger partial charge in [0.25, 0.3) is 0 Å². The second-order valence-corrected chi connectivity index (χ2v) is 4.08. The summed E-state index contributed by atoms with van der Waals surface area (Å²) in [6, 6.07) is 7.95. The van der Waals surface area contributed by atoms with Crippen LogP contribution in [-0.2, 0) is 13.2 Å². The second-order valence-electron chi connectivity index (χ2n) is 3.68. The minimum atomic E-state index is 0.296. The fourth-order valence-corrected chi connectivity index (χ4v) is 1.62. The molecular weight excluding hydrogens is 238 g/mol. The Hall–Kier alpha value is -1.68. The molecule has 5 heteroatoms. The first-order valence-electron chi connectivity index (χ1n) is 5.39. The Bertz CT molecular complexity index is 491. The van der Waals surface area contributed by atoms with Crippen molar-refractivity contribution < 1.29 is 4.74 Å². The zero-order chi connectivity index (χ0) is 12.3. The molecule has 1 heterocycles. The molecule has 0 aliphatic carbocycles. The van der Waals surface area contributed by atoms with Gasteiger partial charge in [-0.05, 0) is 24.1 Å². The van der Waals surface area contributed by atoms with Gasteiger partial charge in [0, 0.05) is 6.20 Å². The summed E-state index contributed by atoms with van der Waals surface area (Å²) in [5.41, 5.74) is 6.77. The summed E-state index contributed by atoms with van der Waals surface area (Å²) in [5, 5.41) is 4.45. The number of nitrogens with two attached hydrogens (primary N) is 1. The molecule has 4 nitrogen and oxygen atoms in total. The van der Waals surface area contributed by atoms with Crippen molar-refractivity contribution in [2.75, 3.05) is 5.73 Å². The Balaban J connectivity index is 2.01. The van der Waals surface area contributed by atoms with Crippen LogP contribution in [0, 0.1) is 0 Å². The van der Waals surface area contributed by atoms with Crippen molar-refractivity contribution in [1.82, 2.24) is 9.78 Å². The number of rotatable bonds is 4. The van der Waals surface area contributed by atoms with Gasteiger partial charge in [-0.25, -0.2) is 4.68 Å². The standard InChI is InChI=1S/C12H14ClN3O/c1-2-9-4-3-5-10(6-9)17-8-16-7-11(13)12(14)15-16/h3-7H,2,8H2,1H3,(H2,14,15). The largest absolute Gasteiger partial charge is 0.471 e. The van der Waals surface area contributed by atoms with Crippen LogP contribution in [-0.4, -0.2) is 9.78 Å². The molecule has 0 spiro atoms. The third-order valence-corrected chi connectivity index (χ3v) is 2.70. The average Bonchev–Trinajstić information content (AvgIpc) is 2.67. The number of hydrogen-bond acceptors (Lipinski definition) is 3. The number of aromatic nitrogens is 2. The van der Waals surface area contributed by atoms with Crippen LogP contribution in [0.1, 0.15) is 12.5 Å². The highest BCUT2D eigenvalue weighted by atomic mass is 35.5. The Morgan fingerprint density at radius 3 is 2.94 bits per heavy atom. The molecule has 17 heavy (non-hydrogen) atoms. The maximum Gasteiger partial charge on any atom is 0.181 e. The highest BCUT2D eigenvalue weighted by Gasteiger charge is 2.03. The van der Waals surface area contributed by atoms with E-state index < -0.39 is 0 Å². The van der Waals surface area contributed by atoms with Crippen LogP contribution in [0.5, 0.6) is 5.75 Å². The van der Waals surface area contributed by atoms with Gasteiger partial charge in [0.2, 0.25) is 0 Å². The molecule has 2 rings (SSSR count). The van der Waals surface area contributed by atoms with Crippen LogP contribution in [0.3, 0.4) is 0 Å². The van der Waals surface area contributed by atoms with Crippen molar-refractivity contribution in [1.29, 1.82) is 0 Å². The molecule has 0 atom stereocenters. The van der Waals surface area contributed by atoms with E-state index in [9.17, 15) is 0 Å². The summed E-state index contributed by atoms with van der Waals surface area (Å²) in [6.07, 6.45) is 2.62. The van der Waals surface area contributed by atoms with Gasteiger partial charge in [0.15, 0.2) is 12.5 Å². The van der Waals surface area contributed by atoms with Gasteiger partial charge in [-0.3, -0.25) is 0 Å². The van der Waals surface area contributed by atoms with E-state index in [-0.39, 0.29) is 0 Å². The van der Waals surface area contributed by atoms with E-state index in [1.807, 2.05) is 18.2 Å². The number of ether oxygens (including phenoxy) is 1. The lowest BCUT2D eigenvalue weighted by molar-refractivity contribution is 0.221. The molecule has 90 valence electrons. The predicted octanol–water partition coefficient (Wildman–Crippen LogP) is 2.72. The lowest BCUT2D eigenvalue weighted by Gasteiger charge is -2.07. The molecule has 0 unspecified atom stereocenters. The Kier molecular flexibility index (Phi) is 3.54. The highest BCUT2D eigenvalue weighted by Crippen LogP contribution is 2.17. The monoisotopic (exact) mass is 251 g/mol. The van der Waals surface area contributed by atoms with Gasteiger partial charge >= 0.3 is 0 Å². The molecule has 0 aliphatic rings. The van der Waals surface area contributed by atoms with E-state index in [1.54, 1.807) is 10.9 Å². The van der Waals surface area contributed by atoms with Crippen LogP contribution in [0.25, 0.3) is 0 Å². The molecule has 0 aliphatic heterocycles. The minimum Gasteiger partial charge on any atom is -0.471 e. The molecule has 0 saturated carbocycles. The quantitative estimate of drug-likeness (QED) is 0.909. The van der Waals surface area contributed by atoms with Crippen molar-refractivity contribution in [2.24, 2.45) is 0 Å². The maximum atomic E-state index is 5.79. The van der Waals surface area contributed by atoms with Crippen molar-refractivity contribution in [3.8, 4) is 5.75 Å². The zero-order valence-corrected chi connectivity index (χ0v) is 10.3. The first kappa shape index (κ1) is 11.8. The van der Waals surface area contributed by atoms with Gasteiger partial charge < -0.3 is 10.5 Å². The summed E-state index contributed by atoms with van der Waals surface area (Å²) >= 11 is 5.79. The zero-order valence-electron chi connectivity index (χ0n) is 9.56. The molecule has 0 fully saturated rings. The number of nitrogen functional groups attached to an aromatic ring is 1. The molecule has 0 saturated heterocycles. The van der Waals surface area contributed by atoms with E-state index in [1.165, 1.54) is 5.56 Å². The van der Waals surface area contributed by atoms with Gasteiger partial charge in [-0.15, -0.1) is 0 Å². The van der Waals surface area contributed by atoms with Crippen LogP contribution in [0.2, 0.25) is 5.02 Å². The molecule has 1 aromatic carbocycles. The van der Waals surface area contributed by atoms with Crippen molar-refractivity contribution in [3.05, 3.63) is 41.0 Å². The number of aryl methyl sites for hydroxylation is 1. The summed E-state index contributed by atoms with van der Waals surface area (Å²) in [4.78, 5) is 0. The lowest BCUT2D eigenvalue weighted by atomic mass is 10.2.